The monoisotopic (exact) mass is 592 g/mol. The van der Waals surface area contributed by atoms with E-state index in [0.717, 1.165) is 22.8 Å². The van der Waals surface area contributed by atoms with Gasteiger partial charge < -0.3 is 20.5 Å². The zero-order valence-corrected chi connectivity index (χ0v) is 24.6. The molecule has 2 amide bonds. The van der Waals surface area contributed by atoms with Crippen LogP contribution in [0, 0.1) is 11.7 Å². The summed E-state index contributed by atoms with van der Waals surface area (Å²) in [6.45, 7) is 4.54. The SMILES string of the molecule is CNC(=O)C1c2cc(-c3ccc(-c4cccc(/C=C/C(=O)O)c4)c(C(=O)NCC(C)C)c3)ccc2OC1c1ccc(F)cc1. The third-order valence-electron chi connectivity index (χ3n) is 7.51. The van der Waals surface area contributed by atoms with Crippen LogP contribution >= 0.6 is 0 Å². The highest BCUT2D eigenvalue weighted by atomic mass is 19.1. The average molecular weight is 593 g/mol. The van der Waals surface area contributed by atoms with Crippen LogP contribution in [0.5, 0.6) is 5.75 Å². The quantitative estimate of drug-likeness (QED) is 0.190. The summed E-state index contributed by atoms with van der Waals surface area (Å²) in [4.78, 5) is 37.7. The van der Waals surface area contributed by atoms with Gasteiger partial charge in [0.15, 0.2) is 0 Å². The van der Waals surface area contributed by atoms with Gasteiger partial charge in [0.2, 0.25) is 5.91 Å². The molecule has 224 valence electrons. The maximum absolute atomic E-state index is 13.6. The summed E-state index contributed by atoms with van der Waals surface area (Å²) in [6.07, 6.45) is 1.96. The molecule has 0 radical (unpaired) electrons. The lowest BCUT2D eigenvalue weighted by Gasteiger charge is -2.18. The van der Waals surface area contributed by atoms with Crippen molar-refractivity contribution in [2.45, 2.75) is 25.9 Å². The third kappa shape index (κ3) is 6.54. The van der Waals surface area contributed by atoms with Gasteiger partial charge in [-0.15, -0.1) is 0 Å². The Hall–Kier alpha value is -5.24. The molecule has 0 aromatic heterocycles. The van der Waals surface area contributed by atoms with Crippen molar-refractivity contribution in [3.63, 3.8) is 0 Å². The zero-order valence-electron chi connectivity index (χ0n) is 24.6. The summed E-state index contributed by atoms with van der Waals surface area (Å²) in [5.74, 6) is -1.71. The molecule has 5 rings (SSSR count). The van der Waals surface area contributed by atoms with Crippen molar-refractivity contribution in [1.82, 2.24) is 10.6 Å². The second kappa shape index (κ2) is 13.0. The van der Waals surface area contributed by atoms with Gasteiger partial charge >= 0.3 is 5.97 Å². The number of carboxylic acid groups (broad SMARTS) is 1. The first-order valence-corrected chi connectivity index (χ1v) is 14.4. The molecular formula is C36H33FN2O5. The maximum Gasteiger partial charge on any atom is 0.328 e. The van der Waals surface area contributed by atoms with Crippen LogP contribution in [0.25, 0.3) is 28.3 Å². The van der Waals surface area contributed by atoms with Gasteiger partial charge in [-0.3, -0.25) is 9.59 Å². The molecule has 8 heteroatoms. The Labute approximate surface area is 255 Å². The number of hydrogen-bond acceptors (Lipinski definition) is 4. The van der Waals surface area contributed by atoms with Gasteiger partial charge in [0, 0.05) is 30.8 Å². The van der Waals surface area contributed by atoms with E-state index in [0.29, 0.717) is 40.1 Å². The number of ether oxygens (including phenoxy) is 1. The lowest BCUT2D eigenvalue weighted by molar-refractivity contribution is -0.131. The van der Waals surface area contributed by atoms with Crippen LogP contribution in [-0.2, 0) is 9.59 Å². The van der Waals surface area contributed by atoms with Crippen LogP contribution in [0.2, 0.25) is 0 Å². The molecule has 4 aromatic carbocycles. The molecule has 0 spiro atoms. The molecule has 1 aliphatic rings. The Kier molecular flexibility index (Phi) is 8.90. The minimum atomic E-state index is -1.05. The van der Waals surface area contributed by atoms with E-state index >= 15 is 0 Å². The second-order valence-electron chi connectivity index (χ2n) is 11.1. The summed E-state index contributed by atoms with van der Waals surface area (Å²) in [5, 5.41) is 14.8. The second-order valence-corrected chi connectivity index (χ2v) is 11.1. The molecule has 0 fully saturated rings. The van der Waals surface area contributed by atoms with Gasteiger partial charge in [-0.2, -0.15) is 0 Å². The number of fused-ring (bicyclic) bond motifs is 1. The predicted octanol–water partition coefficient (Wildman–Crippen LogP) is 6.61. The first kappa shape index (κ1) is 30.2. The number of benzene rings is 4. The number of carbonyl (C=O) groups is 3. The van der Waals surface area contributed by atoms with Crippen LogP contribution < -0.4 is 15.4 Å². The standard InChI is InChI=1S/C36H33FN2O5/c1-21(2)20-39-35(42)29-18-24(10-14-28(29)26-6-4-5-22(17-26)7-16-32(40)41)25-11-15-31-30(19-25)33(36(43)38-3)34(44-31)23-8-12-27(37)13-9-23/h4-19,21,33-34H,20H2,1-3H3,(H,38,43)(H,39,42)(H,40,41)/b16-7+. The number of amides is 2. The van der Waals surface area contributed by atoms with Crippen molar-refractivity contribution in [1.29, 1.82) is 0 Å². The fourth-order valence-corrected chi connectivity index (χ4v) is 5.33. The number of aliphatic carboxylic acids is 1. The lowest BCUT2D eigenvalue weighted by atomic mass is 9.88. The molecule has 0 bridgehead atoms. The number of rotatable bonds is 9. The Morgan fingerprint density at radius 1 is 0.932 bits per heavy atom. The first-order chi connectivity index (χ1) is 21.1. The van der Waals surface area contributed by atoms with Gasteiger partial charge in [0.1, 0.15) is 23.6 Å². The van der Waals surface area contributed by atoms with Gasteiger partial charge in [0.25, 0.3) is 5.91 Å². The van der Waals surface area contributed by atoms with Crippen LogP contribution in [-0.4, -0.2) is 36.5 Å². The number of halogens is 1. The first-order valence-electron chi connectivity index (χ1n) is 14.4. The number of hydrogen-bond donors (Lipinski definition) is 3. The number of likely N-dealkylation sites (N-methyl/N-ethyl adjacent to an activating group) is 1. The molecule has 0 aliphatic carbocycles. The normalized spacial score (nSPS) is 15.6. The lowest BCUT2D eigenvalue weighted by Crippen LogP contribution is -2.28. The molecule has 7 nitrogen and oxygen atoms in total. The van der Waals surface area contributed by atoms with E-state index in [4.69, 9.17) is 9.84 Å². The highest BCUT2D eigenvalue weighted by Gasteiger charge is 2.40. The maximum atomic E-state index is 13.6. The molecule has 1 aliphatic heterocycles. The zero-order chi connectivity index (χ0) is 31.4. The number of nitrogens with one attached hydrogen (secondary N) is 2. The van der Waals surface area contributed by atoms with E-state index in [1.54, 1.807) is 25.2 Å². The highest BCUT2D eigenvalue weighted by molar-refractivity contribution is 6.02. The fraction of sp³-hybridized carbons (Fsp3) is 0.194. The van der Waals surface area contributed by atoms with Crippen LogP contribution in [0.1, 0.15) is 52.9 Å². The molecule has 3 N–H and O–H groups in total. The summed E-state index contributed by atoms with van der Waals surface area (Å²) in [7, 11) is 1.57. The fourth-order valence-electron chi connectivity index (χ4n) is 5.33. The van der Waals surface area contributed by atoms with Crippen LogP contribution in [0.15, 0.2) is 91.0 Å². The number of carboxylic acids is 1. The molecule has 4 aromatic rings. The van der Waals surface area contributed by atoms with Crippen molar-refractivity contribution < 1.29 is 28.6 Å². The minimum Gasteiger partial charge on any atom is -0.484 e. The van der Waals surface area contributed by atoms with E-state index in [1.807, 2.05) is 68.4 Å². The van der Waals surface area contributed by atoms with Crippen molar-refractivity contribution in [3.8, 4) is 28.0 Å². The largest absolute Gasteiger partial charge is 0.484 e. The summed E-state index contributed by atoms with van der Waals surface area (Å²) >= 11 is 0. The Morgan fingerprint density at radius 3 is 2.36 bits per heavy atom. The average Bonchev–Trinajstić information content (AvgIpc) is 3.41. The predicted molar refractivity (Wildman–Crippen MR) is 168 cm³/mol. The van der Waals surface area contributed by atoms with Crippen molar-refractivity contribution >= 4 is 23.9 Å². The molecule has 0 saturated heterocycles. The summed E-state index contributed by atoms with van der Waals surface area (Å²) in [5.41, 5.74) is 5.57. The van der Waals surface area contributed by atoms with E-state index in [9.17, 15) is 18.8 Å². The topological polar surface area (TPSA) is 105 Å². The van der Waals surface area contributed by atoms with Crippen molar-refractivity contribution in [2.75, 3.05) is 13.6 Å². The van der Waals surface area contributed by atoms with E-state index in [2.05, 4.69) is 10.6 Å². The summed E-state index contributed by atoms with van der Waals surface area (Å²) in [6, 6.07) is 24.5. The molecule has 2 unspecified atom stereocenters. The van der Waals surface area contributed by atoms with Gasteiger partial charge in [-0.05, 0) is 81.8 Å². The Balaban J connectivity index is 1.56. The van der Waals surface area contributed by atoms with Gasteiger partial charge in [-0.1, -0.05) is 62.4 Å². The smallest absolute Gasteiger partial charge is 0.328 e. The van der Waals surface area contributed by atoms with Crippen molar-refractivity contribution in [2.24, 2.45) is 5.92 Å². The van der Waals surface area contributed by atoms with Crippen LogP contribution in [0.3, 0.4) is 0 Å². The highest BCUT2D eigenvalue weighted by Crippen LogP contribution is 2.47. The minimum absolute atomic E-state index is 0.226. The summed E-state index contributed by atoms with van der Waals surface area (Å²) < 4.78 is 19.8. The molecule has 44 heavy (non-hydrogen) atoms. The molecular weight excluding hydrogens is 559 g/mol. The van der Waals surface area contributed by atoms with E-state index in [1.165, 1.54) is 18.2 Å². The van der Waals surface area contributed by atoms with Gasteiger partial charge in [-0.25, -0.2) is 9.18 Å². The molecule has 1 heterocycles. The molecule has 2 atom stereocenters. The third-order valence-corrected chi connectivity index (χ3v) is 7.51. The van der Waals surface area contributed by atoms with Crippen LogP contribution in [0.4, 0.5) is 4.39 Å². The van der Waals surface area contributed by atoms with E-state index < -0.39 is 18.0 Å². The molecule has 0 saturated carbocycles. The van der Waals surface area contributed by atoms with Crippen molar-refractivity contribution in [3.05, 3.63) is 119 Å². The Morgan fingerprint density at radius 2 is 1.66 bits per heavy atom. The van der Waals surface area contributed by atoms with E-state index in [-0.39, 0.29) is 23.5 Å². The number of carbonyl (C=O) groups excluding carboxylic acids is 2. The van der Waals surface area contributed by atoms with Gasteiger partial charge in [0.05, 0.1) is 0 Å². The Bertz CT molecular complexity index is 1750.